The van der Waals surface area contributed by atoms with Crippen LogP contribution in [0.2, 0.25) is 5.02 Å². The van der Waals surface area contributed by atoms with Crippen LogP contribution in [-0.4, -0.2) is 34.7 Å². The van der Waals surface area contributed by atoms with E-state index in [1.54, 1.807) is 36.0 Å². The lowest BCUT2D eigenvalue weighted by molar-refractivity contribution is -0.145. The number of hydrogen-bond donors (Lipinski definition) is 1. The van der Waals surface area contributed by atoms with Gasteiger partial charge in [-0.25, -0.2) is 0 Å². The zero-order chi connectivity index (χ0) is 18.2. The summed E-state index contributed by atoms with van der Waals surface area (Å²) >= 11 is 7.24. The molecule has 0 atom stereocenters. The molecule has 0 fully saturated rings. The van der Waals surface area contributed by atoms with E-state index < -0.39 is 24.4 Å². The second-order valence-electron chi connectivity index (χ2n) is 5.17. The van der Waals surface area contributed by atoms with Crippen LogP contribution in [0.3, 0.4) is 0 Å². The van der Waals surface area contributed by atoms with E-state index in [0.29, 0.717) is 16.5 Å². The second kappa shape index (κ2) is 9.29. The van der Waals surface area contributed by atoms with E-state index in [0.717, 1.165) is 5.56 Å². The molecule has 0 spiro atoms. The Morgan fingerprint density at radius 3 is 2.72 bits per heavy atom. The molecule has 0 aliphatic heterocycles. The molecule has 8 heteroatoms. The molecule has 2 aromatic rings. The summed E-state index contributed by atoms with van der Waals surface area (Å²) in [6, 6.07) is 10.6. The van der Waals surface area contributed by atoms with Crippen molar-refractivity contribution in [2.45, 2.75) is 5.75 Å². The molecule has 0 aliphatic rings. The Hall–Kier alpha value is -2.25. The molecule has 1 aromatic heterocycles. The summed E-state index contributed by atoms with van der Waals surface area (Å²) < 4.78 is 6.44. The van der Waals surface area contributed by atoms with Gasteiger partial charge in [-0.15, -0.1) is 11.8 Å². The number of esters is 1. The number of nitrogens with one attached hydrogen (secondary N) is 1. The van der Waals surface area contributed by atoms with Crippen molar-refractivity contribution >= 4 is 41.1 Å². The molecule has 0 saturated heterocycles. The number of benzene rings is 1. The van der Waals surface area contributed by atoms with Gasteiger partial charge in [0.25, 0.3) is 11.8 Å². The molecule has 1 aromatic carbocycles. The summed E-state index contributed by atoms with van der Waals surface area (Å²) in [5, 5.41) is 2.81. The van der Waals surface area contributed by atoms with E-state index >= 15 is 0 Å². The van der Waals surface area contributed by atoms with Crippen molar-refractivity contribution in [1.29, 1.82) is 0 Å². The summed E-state index contributed by atoms with van der Waals surface area (Å²) in [5.41, 5.74) is 1.34. The Morgan fingerprint density at radius 2 is 2.04 bits per heavy atom. The molecule has 0 aliphatic carbocycles. The van der Waals surface area contributed by atoms with Gasteiger partial charge in [0.15, 0.2) is 6.61 Å². The minimum absolute atomic E-state index is 0.103. The molecule has 2 rings (SSSR count). The largest absolute Gasteiger partial charge is 0.455 e. The van der Waals surface area contributed by atoms with Gasteiger partial charge in [-0.1, -0.05) is 23.7 Å². The number of hydrogen-bond acceptors (Lipinski definition) is 5. The van der Waals surface area contributed by atoms with Crippen LogP contribution in [-0.2, 0) is 27.1 Å². The Morgan fingerprint density at radius 1 is 1.24 bits per heavy atom. The lowest BCUT2D eigenvalue weighted by Crippen LogP contribution is -2.35. The third kappa shape index (κ3) is 6.28. The molecule has 132 valence electrons. The molecular formula is C17H17ClN2O4S. The van der Waals surface area contributed by atoms with Gasteiger partial charge in [-0.05, 0) is 29.8 Å². The average molecular weight is 381 g/mol. The Kier molecular flexibility index (Phi) is 7.09. The first-order valence-electron chi connectivity index (χ1n) is 7.39. The number of nitrogens with zero attached hydrogens (tertiary/aromatic N) is 1. The van der Waals surface area contributed by atoms with Crippen LogP contribution in [0, 0.1) is 0 Å². The molecule has 0 radical (unpaired) electrons. The van der Waals surface area contributed by atoms with Crippen molar-refractivity contribution in [3.8, 4) is 0 Å². The van der Waals surface area contributed by atoms with E-state index in [2.05, 4.69) is 5.32 Å². The number of thioether (sulfide) groups is 1. The first-order chi connectivity index (χ1) is 12.0. The van der Waals surface area contributed by atoms with Gasteiger partial charge in [-0.2, -0.15) is 0 Å². The molecular weight excluding hydrogens is 364 g/mol. The highest BCUT2D eigenvalue weighted by atomic mass is 35.5. The molecule has 0 saturated carbocycles. The number of ether oxygens (including phenoxy) is 1. The van der Waals surface area contributed by atoms with Gasteiger partial charge in [0, 0.05) is 24.0 Å². The highest BCUT2D eigenvalue weighted by molar-refractivity contribution is 7.99. The Balaban J connectivity index is 1.66. The summed E-state index contributed by atoms with van der Waals surface area (Å²) in [7, 11) is 1.69. The fourth-order valence-corrected chi connectivity index (χ4v) is 2.97. The molecule has 1 N–H and O–H groups in total. The molecule has 0 bridgehead atoms. The molecule has 6 nitrogen and oxygen atoms in total. The quantitative estimate of drug-likeness (QED) is 0.746. The van der Waals surface area contributed by atoms with Gasteiger partial charge >= 0.3 is 5.97 Å². The number of imide groups is 1. The maximum Gasteiger partial charge on any atom is 0.316 e. The molecule has 25 heavy (non-hydrogen) atoms. The Labute approximate surface area is 154 Å². The maximum atomic E-state index is 11.8. The van der Waals surface area contributed by atoms with Crippen LogP contribution in [0.15, 0.2) is 42.6 Å². The summed E-state index contributed by atoms with van der Waals surface area (Å²) in [6.07, 6.45) is 1.69. The topological polar surface area (TPSA) is 77.4 Å². The standard InChI is InChI=1S/C17H17ClN2O4S/c1-20-7-3-6-14(20)17(23)19-15(21)9-24-16(22)11-25-10-12-4-2-5-13(18)8-12/h2-8H,9-11H2,1H3,(H,19,21,23). The summed E-state index contributed by atoms with van der Waals surface area (Å²) in [6.45, 7) is -0.493. The molecule has 1 heterocycles. The highest BCUT2D eigenvalue weighted by Gasteiger charge is 2.14. The van der Waals surface area contributed by atoms with Gasteiger partial charge in [-0.3, -0.25) is 19.7 Å². The monoisotopic (exact) mass is 380 g/mol. The van der Waals surface area contributed by atoms with Gasteiger partial charge in [0.1, 0.15) is 5.69 Å². The van der Waals surface area contributed by atoms with Crippen molar-refractivity contribution in [1.82, 2.24) is 9.88 Å². The normalized spacial score (nSPS) is 10.3. The Bertz CT molecular complexity index is 776. The van der Waals surface area contributed by atoms with Crippen molar-refractivity contribution < 1.29 is 19.1 Å². The van der Waals surface area contributed by atoms with E-state index in [-0.39, 0.29) is 5.75 Å². The lowest BCUT2D eigenvalue weighted by atomic mass is 10.2. The van der Waals surface area contributed by atoms with Crippen LogP contribution < -0.4 is 5.32 Å². The van der Waals surface area contributed by atoms with E-state index in [4.69, 9.17) is 16.3 Å². The van der Waals surface area contributed by atoms with Crippen molar-refractivity contribution in [3.63, 3.8) is 0 Å². The predicted molar refractivity (Wildman–Crippen MR) is 96.5 cm³/mol. The van der Waals surface area contributed by atoms with Gasteiger partial charge < -0.3 is 9.30 Å². The number of amides is 2. The van der Waals surface area contributed by atoms with E-state index in [1.165, 1.54) is 11.8 Å². The maximum absolute atomic E-state index is 11.8. The third-order valence-electron chi connectivity index (χ3n) is 3.17. The lowest BCUT2D eigenvalue weighted by Gasteiger charge is -2.06. The fourth-order valence-electron chi connectivity index (χ4n) is 1.99. The van der Waals surface area contributed by atoms with Crippen molar-refractivity contribution in [2.24, 2.45) is 7.05 Å². The zero-order valence-corrected chi connectivity index (χ0v) is 15.1. The number of aryl methyl sites for hydroxylation is 1. The van der Waals surface area contributed by atoms with Crippen LogP contribution in [0.4, 0.5) is 0 Å². The number of rotatable bonds is 7. The smallest absolute Gasteiger partial charge is 0.316 e. The van der Waals surface area contributed by atoms with E-state index in [1.807, 2.05) is 18.2 Å². The van der Waals surface area contributed by atoms with Crippen molar-refractivity contribution in [3.05, 3.63) is 58.9 Å². The summed E-state index contributed by atoms with van der Waals surface area (Å²) in [5.74, 6) is -1.02. The van der Waals surface area contributed by atoms with Crippen LogP contribution in [0.1, 0.15) is 16.1 Å². The zero-order valence-electron chi connectivity index (χ0n) is 13.5. The van der Waals surface area contributed by atoms with Crippen LogP contribution >= 0.6 is 23.4 Å². The average Bonchev–Trinajstić information content (AvgIpc) is 2.99. The summed E-state index contributed by atoms with van der Waals surface area (Å²) in [4.78, 5) is 35.1. The van der Waals surface area contributed by atoms with Crippen LogP contribution in [0.5, 0.6) is 0 Å². The van der Waals surface area contributed by atoms with Crippen LogP contribution in [0.25, 0.3) is 0 Å². The third-order valence-corrected chi connectivity index (χ3v) is 4.38. The van der Waals surface area contributed by atoms with E-state index in [9.17, 15) is 14.4 Å². The minimum Gasteiger partial charge on any atom is -0.455 e. The van der Waals surface area contributed by atoms with Crippen molar-refractivity contribution in [2.75, 3.05) is 12.4 Å². The van der Waals surface area contributed by atoms with Gasteiger partial charge in [0.05, 0.1) is 5.75 Å². The SMILES string of the molecule is Cn1cccc1C(=O)NC(=O)COC(=O)CSCc1cccc(Cl)c1. The molecule has 0 unspecified atom stereocenters. The second-order valence-corrected chi connectivity index (χ2v) is 6.59. The first kappa shape index (κ1) is 19.1. The number of carbonyl (C=O) groups excluding carboxylic acids is 3. The first-order valence-corrected chi connectivity index (χ1v) is 8.92. The van der Waals surface area contributed by atoms with Gasteiger partial charge in [0.2, 0.25) is 0 Å². The number of aromatic nitrogens is 1. The predicted octanol–water partition coefficient (Wildman–Crippen LogP) is 2.41. The molecule has 2 amide bonds. The number of carbonyl (C=O) groups is 3. The minimum atomic E-state index is -0.667. The highest BCUT2D eigenvalue weighted by Crippen LogP contribution is 2.16. The fraction of sp³-hybridized carbons (Fsp3) is 0.235. The number of halogens is 1.